The zero-order chi connectivity index (χ0) is 32.6. The van der Waals surface area contributed by atoms with Crippen LogP contribution in [-0.4, -0.2) is 41.0 Å². The maximum atomic E-state index is 12.3. The topological polar surface area (TPSA) is 119 Å². The molecule has 0 fully saturated rings. The van der Waals surface area contributed by atoms with E-state index < -0.39 is 32.5 Å². The molecule has 0 aliphatic rings. The lowest BCUT2D eigenvalue weighted by Gasteiger charge is -2.18. The smallest absolute Gasteiger partial charge is 0.462 e. The van der Waals surface area contributed by atoms with Gasteiger partial charge in [0, 0.05) is 12.8 Å². The average molecular weight is 647 g/mol. The van der Waals surface area contributed by atoms with Gasteiger partial charge in [-0.25, -0.2) is 4.57 Å². The summed E-state index contributed by atoms with van der Waals surface area (Å²) in [5.74, 6) is -0.891. The molecule has 0 aliphatic carbocycles. The lowest BCUT2D eigenvalue weighted by molar-refractivity contribution is -0.161. The number of carbonyl (C=O) groups is 2. The Morgan fingerprint density at radius 1 is 0.568 bits per heavy atom. The third kappa shape index (κ3) is 33.7. The normalized spacial score (nSPS) is 12.5. The van der Waals surface area contributed by atoms with Gasteiger partial charge in [0.25, 0.3) is 0 Å². The van der Waals surface area contributed by atoms with Crippen LogP contribution in [0.3, 0.4) is 0 Å². The summed E-state index contributed by atoms with van der Waals surface area (Å²) in [6.07, 6.45) is 32.3. The predicted molar refractivity (Wildman–Crippen MR) is 179 cm³/mol. The van der Waals surface area contributed by atoms with Crippen LogP contribution in [0.2, 0.25) is 0 Å². The Balaban J connectivity index is 3.92. The first-order chi connectivity index (χ1) is 21.3. The summed E-state index contributed by atoms with van der Waals surface area (Å²) in [6, 6.07) is 0. The van der Waals surface area contributed by atoms with Crippen molar-refractivity contribution in [3.63, 3.8) is 0 Å². The summed E-state index contributed by atoms with van der Waals surface area (Å²) in [5, 5.41) is 0. The minimum Gasteiger partial charge on any atom is -0.462 e. The van der Waals surface area contributed by atoms with Gasteiger partial charge in [-0.15, -0.1) is 0 Å². The van der Waals surface area contributed by atoms with Crippen LogP contribution in [0.15, 0.2) is 12.2 Å². The van der Waals surface area contributed by atoms with Crippen molar-refractivity contribution in [1.82, 2.24) is 0 Å². The van der Waals surface area contributed by atoms with Crippen molar-refractivity contribution in [2.45, 2.75) is 187 Å². The molecule has 0 aromatic rings. The largest absolute Gasteiger partial charge is 0.469 e. The predicted octanol–water partition coefficient (Wildman–Crippen LogP) is 10.3. The van der Waals surface area contributed by atoms with Crippen molar-refractivity contribution in [2.75, 3.05) is 13.2 Å². The van der Waals surface area contributed by atoms with Crippen LogP contribution in [0.1, 0.15) is 181 Å². The zero-order valence-electron chi connectivity index (χ0n) is 28.3. The van der Waals surface area contributed by atoms with Crippen LogP contribution < -0.4 is 0 Å². The molecule has 0 spiro atoms. The van der Waals surface area contributed by atoms with E-state index in [0.717, 1.165) is 57.8 Å². The van der Waals surface area contributed by atoms with Crippen molar-refractivity contribution < 1.29 is 37.9 Å². The number of carbonyl (C=O) groups excluding carboxylic acids is 2. The van der Waals surface area contributed by atoms with Crippen molar-refractivity contribution >= 4 is 19.8 Å². The molecule has 0 radical (unpaired) electrons. The van der Waals surface area contributed by atoms with Gasteiger partial charge >= 0.3 is 19.8 Å². The van der Waals surface area contributed by atoms with Crippen LogP contribution in [0.5, 0.6) is 0 Å². The van der Waals surface area contributed by atoms with E-state index in [1.807, 2.05) is 0 Å². The minimum atomic E-state index is -4.74. The Labute approximate surface area is 269 Å². The number of hydrogen-bond donors (Lipinski definition) is 2. The Kier molecular flexibility index (Phi) is 30.9. The minimum absolute atomic E-state index is 0.204. The molecule has 0 heterocycles. The Bertz CT molecular complexity index is 736. The first-order valence-corrected chi connectivity index (χ1v) is 19.5. The van der Waals surface area contributed by atoms with Gasteiger partial charge in [-0.05, 0) is 32.1 Å². The van der Waals surface area contributed by atoms with Gasteiger partial charge in [-0.3, -0.25) is 14.1 Å². The molecule has 0 saturated carbocycles. The van der Waals surface area contributed by atoms with Gasteiger partial charge in [0.1, 0.15) is 6.61 Å². The maximum Gasteiger partial charge on any atom is 0.469 e. The van der Waals surface area contributed by atoms with E-state index in [1.165, 1.54) is 89.9 Å². The molecular formula is C35H67O8P. The number of unbranched alkanes of at least 4 members (excludes halogenated alkanes) is 21. The number of ether oxygens (including phenoxy) is 2. The van der Waals surface area contributed by atoms with Gasteiger partial charge in [-0.1, -0.05) is 148 Å². The second kappa shape index (κ2) is 31.8. The van der Waals surface area contributed by atoms with Gasteiger partial charge in [-0.2, -0.15) is 0 Å². The summed E-state index contributed by atoms with van der Waals surface area (Å²) in [5.41, 5.74) is 0. The van der Waals surface area contributed by atoms with E-state index >= 15 is 0 Å². The summed E-state index contributed by atoms with van der Waals surface area (Å²) in [4.78, 5) is 42.5. The third-order valence-electron chi connectivity index (χ3n) is 7.77. The van der Waals surface area contributed by atoms with E-state index in [4.69, 9.17) is 19.3 Å². The molecule has 8 nitrogen and oxygen atoms in total. The highest BCUT2D eigenvalue weighted by atomic mass is 31.2. The fourth-order valence-electron chi connectivity index (χ4n) is 5.08. The Hall–Kier alpha value is -1.21. The quantitative estimate of drug-likeness (QED) is 0.0313. The first kappa shape index (κ1) is 42.8. The molecule has 260 valence electrons. The number of esters is 2. The summed E-state index contributed by atoms with van der Waals surface area (Å²) in [7, 11) is -4.74. The van der Waals surface area contributed by atoms with E-state index in [2.05, 4.69) is 30.5 Å². The van der Waals surface area contributed by atoms with E-state index in [9.17, 15) is 14.2 Å². The fourth-order valence-corrected chi connectivity index (χ4v) is 5.44. The van der Waals surface area contributed by atoms with Gasteiger partial charge < -0.3 is 19.3 Å². The lowest BCUT2D eigenvalue weighted by atomic mass is 10.0. The van der Waals surface area contributed by atoms with Crippen LogP contribution in [0, 0.1) is 0 Å². The number of allylic oxidation sites excluding steroid dienone is 2. The highest BCUT2D eigenvalue weighted by molar-refractivity contribution is 7.46. The highest BCUT2D eigenvalue weighted by Crippen LogP contribution is 2.36. The van der Waals surface area contributed by atoms with Gasteiger partial charge in [0.2, 0.25) is 0 Å². The van der Waals surface area contributed by atoms with Gasteiger partial charge in [0.05, 0.1) is 6.61 Å². The summed E-state index contributed by atoms with van der Waals surface area (Å²) < 4.78 is 26.2. The van der Waals surface area contributed by atoms with Crippen molar-refractivity contribution in [2.24, 2.45) is 0 Å². The highest BCUT2D eigenvalue weighted by Gasteiger charge is 2.22. The van der Waals surface area contributed by atoms with E-state index in [-0.39, 0.29) is 19.4 Å². The van der Waals surface area contributed by atoms with E-state index in [1.54, 1.807) is 0 Å². The van der Waals surface area contributed by atoms with Crippen molar-refractivity contribution in [3.05, 3.63) is 12.2 Å². The monoisotopic (exact) mass is 646 g/mol. The Morgan fingerprint density at radius 2 is 1.00 bits per heavy atom. The fraction of sp³-hybridized carbons (Fsp3) is 0.886. The molecule has 0 rings (SSSR count). The molecule has 0 saturated heterocycles. The Morgan fingerprint density at radius 3 is 1.48 bits per heavy atom. The van der Waals surface area contributed by atoms with Crippen LogP contribution >= 0.6 is 7.82 Å². The molecule has 1 atom stereocenters. The third-order valence-corrected chi connectivity index (χ3v) is 8.25. The van der Waals surface area contributed by atoms with Crippen LogP contribution in [0.4, 0.5) is 0 Å². The number of rotatable bonds is 33. The second-order valence-corrected chi connectivity index (χ2v) is 13.4. The number of phosphoric ester groups is 1. The average Bonchev–Trinajstić information content (AvgIpc) is 2.98. The lowest BCUT2D eigenvalue weighted by Crippen LogP contribution is -2.29. The zero-order valence-corrected chi connectivity index (χ0v) is 29.2. The van der Waals surface area contributed by atoms with Crippen LogP contribution in [-0.2, 0) is 28.2 Å². The molecule has 0 bridgehead atoms. The first-order valence-electron chi connectivity index (χ1n) is 18.0. The number of phosphoric acid groups is 1. The molecule has 1 unspecified atom stereocenters. The second-order valence-electron chi connectivity index (χ2n) is 12.2. The molecule has 9 heteroatoms. The van der Waals surface area contributed by atoms with Gasteiger partial charge in [0.15, 0.2) is 6.10 Å². The SMILES string of the molecule is CCC/C=C\CCCCCCCC(=O)OC(COC(=O)CCCCCCCCCCCCCCCCCC)COP(=O)(O)O. The molecule has 2 N–H and O–H groups in total. The van der Waals surface area contributed by atoms with Crippen molar-refractivity contribution in [3.8, 4) is 0 Å². The molecule has 0 aliphatic heterocycles. The standard InChI is InChI=1S/C35H67O8P/c1-3-5-7-9-11-13-15-16-17-18-19-20-22-23-25-27-29-34(36)41-31-33(32-42-44(38,39)40)43-35(37)30-28-26-24-21-14-12-10-8-6-4-2/h8,10,33H,3-7,9,11-32H2,1-2H3,(H2,38,39,40)/b10-8-. The van der Waals surface area contributed by atoms with Crippen LogP contribution in [0.25, 0.3) is 0 Å². The molecule has 44 heavy (non-hydrogen) atoms. The van der Waals surface area contributed by atoms with E-state index in [0.29, 0.717) is 6.42 Å². The summed E-state index contributed by atoms with van der Waals surface area (Å²) in [6.45, 7) is 3.61. The molecule has 0 aromatic heterocycles. The number of hydrogen-bond acceptors (Lipinski definition) is 6. The molecule has 0 amide bonds. The maximum absolute atomic E-state index is 12.3. The van der Waals surface area contributed by atoms with Crippen molar-refractivity contribution in [1.29, 1.82) is 0 Å². The molecule has 0 aromatic carbocycles. The molecular weight excluding hydrogens is 579 g/mol. The summed E-state index contributed by atoms with van der Waals surface area (Å²) >= 11 is 0.